The molecular formula is C19H12BrN3O2. The van der Waals surface area contributed by atoms with E-state index in [1.54, 1.807) is 0 Å². The zero-order valence-electron chi connectivity index (χ0n) is 13.0. The standard InChI is InChI=1S/C19H12BrN3O2/c20-13-4-1-11(2-5-13)16-8-14(15(9-21)19(22)23-16)12-3-6-17-18(7-12)25-10-24-17/h1-8H,10H2,(H2,22,23). The van der Waals surface area contributed by atoms with E-state index < -0.39 is 0 Å². The lowest BCUT2D eigenvalue weighted by atomic mass is 9.98. The van der Waals surface area contributed by atoms with Gasteiger partial charge >= 0.3 is 0 Å². The van der Waals surface area contributed by atoms with Crippen molar-refractivity contribution < 1.29 is 9.47 Å². The van der Waals surface area contributed by atoms with E-state index in [2.05, 4.69) is 27.0 Å². The van der Waals surface area contributed by atoms with Gasteiger partial charge in [-0.3, -0.25) is 0 Å². The molecule has 0 unspecified atom stereocenters. The number of hydrogen-bond acceptors (Lipinski definition) is 5. The topological polar surface area (TPSA) is 81.2 Å². The van der Waals surface area contributed by atoms with E-state index in [1.807, 2.05) is 48.5 Å². The van der Waals surface area contributed by atoms with Crippen LogP contribution in [0.3, 0.4) is 0 Å². The van der Waals surface area contributed by atoms with E-state index in [0.29, 0.717) is 28.3 Å². The largest absolute Gasteiger partial charge is 0.454 e. The third-order valence-electron chi connectivity index (χ3n) is 3.98. The first-order valence-electron chi connectivity index (χ1n) is 7.52. The number of nitrogen functional groups attached to an aromatic ring is 1. The quantitative estimate of drug-likeness (QED) is 0.699. The minimum absolute atomic E-state index is 0.201. The number of rotatable bonds is 2. The first kappa shape index (κ1) is 15.5. The normalized spacial score (nSPS) is 12.0. The molecule has 0 spiro atoms. The summed E-state index contributed by atoms with van der Waals surface area (Å²) >= 11 is 3.42. The lowest BCUT2D eigenvalue weighted by molar-refractivity contribution is 0.174. The molecule has 1 aliphatic heterocycles. The molecule has 4 rings (SSSR count). The lowest BCUT2D eigenvalue weighted by Crippen LogP contribution is -1.99. The number of fused-ring (bicyclic) bond motifs is 1. The molecule has 5 nitrogen and oxygen atoms in total. The fourth-order valence-electron chi connectivity index (χ4n) is 2.74. The fraction of sp³-hybridized carbons (Fsp3) is 0.0526. The van der Waals surface area contributed by atoms with Gasteiger partial charge in [0, 0.05) is 15.6 Å². The average molecular weight is 394 g/mol. The molecule has 0 atom stereocenters. The zero-order valence-corrected chi connectivity index (χ0v) is 14.6. The van der Waals surface area contributed by atoms with E-state index in [0.717, 1.165) is 15.6 Å². The van der Waals surface area contributed by atoms with E-state index >= 15 is 0 Å². The van der Waals surface area contributed by atoms with Gasteiger partial charge in [0.15, 0.2) is 11.5 Å². The number of anilines is 1. The molecular weight excluding hydrogens is 382 g/mol. The molecule has 25 heavy (non-hydrogen) atoms. The van der Waals surface area contributed by atoms with E-state index in [-0.39, 0.29) is 12.6 Å². The number of benzene rings is 2. The molecule has 0 fully saturated rings. The Hall–Kier alpha value is -3.04. The molecule has 1 aromatic heterocycles. The van der Waals surface area contributed by atoms with E-state index in [4.69, 9.17) is 15.2 Å². The first-order chi connectivity index (χ1) is 12.2. The minimum atomic E-state index is 0.201. The van der Waals surface area contributed by atoms with Crippen molar-refractivity contribution in [2.24, 2.45) is 0 Å². The molecule has 2 aromatic carbocycles. The highest BCUT2D eigenvalue weighted by molar-refractivity contribution is 9.10. The summed E-state index contributed by atoms with van der Waals surface area (Å²) in [7, 11) is 0. The number of halogens is 1. The van der Waals surface area contributed by atoms with E-state index in [1.165, 1.54) is 0 Å². The predicted molar refractivity (Wildman–Crippen MR) is 98.1 cm³/mol. The van der Waals surface area contributed by atoms with Crippen molar-refractivity contribution in [1.29, 1.82) is 5.26 Å². The Balaban J connectivity index is 1.89. The molecule has 1 aliphatic rings. The second-order valence-corrected chi connectivity index (χ2v) is 6.42. The van der Waals surface area contributed by atoms with Crippen LogP contribution in [-0.2, 0) is 0 Å². The number of nitriles is 1. The van der Waals surface area contributed by atoms with Crippen molar-refractivity contribution in [3.8, 4) is 40.0 Å². The van der Waals surface area contributed by atoms with Crippen molar-refractivity contribution in [2.45, 2.75) is 0 Å². The van der Waals surface area contributed by atoms with Crippen LogP contribution in [0.1, 0.15) is 5.56 Å². The van der Waals surface area contributed by atoms with Gasteiger partial charge in [-0.15, -0.1) is 0 Å². The molecule has 122 valence electrons. The summed E-state index contributed by atoms with van der Waals surface area (Å²) in [6.45, 7) is 0.201. The molecule has 0 saturated heterocycles. The van der Waals surface area contributed by atoms with Gasteiger partial charge in [0.25, 0.3) is 0 Å². The summed E-state index contributed by atoms with van der Waals surface area (Å²) < 4.78 is 11.8. The Labute approximate surface area is 152 Å². The maximum absolute atomic E-state index is 9.52. The third kappa shape index (κ3) is 2.79. The molecule has 0 saturated carbocycles. The number of pyridine rings is 1. The zero-order chi connectivity index (χ0) is 17.4. The van der Waals surface area contributed by atoms with Crippen LogP contribution < -0.4 is 15.2 Å². The van der Waals surface area contributed by atoms with Gasteiger partial charge in [-0.05, 0) is 35.9 Å². The van der Waals surface area contributed by atoms with Crippen LogP contribution in [-0.4, -0.2) is 11.8 Å². The van der Waals surface area contributed by atoms with Crippen LogP contribution in [0.25, 0.3) is 22.4 Å². The monoisotopic (exact) mass is 393 g/mol. The molecule has 0 bridgehead atoms. The SMILES string of the molecule is N#Cc1c(-c2ccc3c(c2)OCO3)cc(-c2ccc(Br)cc2)nc1N. The highest BCUT2D eigenvalue weighted by atomic mass is 79.9. The molecule has 2 N–H and O–H groups in total. The van der Waals surface area contributed by atoms with Crippen molar-refractivity contribution in [2.75, 3.05) is 12.5 Å². The van der Waals surface area contributed by atoms with Crippen LogP contribution in [0.4, 0.5) is 5.82 Å². The molecule has 0 aliphatic carbocycles. The van der Waals surface area contributed by atoms with Crippen LogP contribution in [0, 0.1) is 11.3 Å². The van der Waals surface area contributed by atoms with Crippen molar-refractivity contribution in [1.82, 2.24) is 4.98 Å². The maximum Gasteiger partial charge on any atom is 0.231 e. The third-order valence-corrected chi connectivity index (χ3v) is 4.51. The molecule has 6 heteroatoms. The Morgan fingerprint density at radius 2 is 1.72 bits per heavy atom. The first-order valence-corrected chi connectivity index (χ1v) is 8.31. The van der Waals surface area contributed by atoms with Gasteiger partial charge in [-0.2, -0.15) is 5.26 Å². The summed E-state index contributed by atoms with van der Waals surface area (Å²) in [6, 6.07) is 17.3. The highest BCUT2D eigenvalue weighted by Crippen LogP contribution is 2.38. The molecule has 2 heterocycles. The van der Waals surface area contributed by atoms with Crippen LogP contribution in [0.5, 0.6) is 11.5 Å². The summed E-state index contributed by atoms with van der Waals surface area (Å²) in [4.78, 5) is 4.39. The number of aromatic nitrogens is 1. The Morgan fingerprint density at radius 3 is 2.48 bits per heavy atom. The second kappa shape index (κ2) is 6.11. The summed E-state index contributed by atoms with van der Waals surface area (Å²) in [5.41, 5.74) is 9.56. The molecule has 0 amide bonds. The van der Waals surface area contributed by atoms with Crippen molar-refractivity contribution >= 4 is 21.7 Å². The smallest absolute Gasteiger partial charge is 0.231 e. The number of hydrogen-bond donors (Lipinski definition) is 1. The highest BCUT2D eigenvalue weighted by Gasteiger charge is 2.18. The fourth-order valence-corrected chi connectivity index (χ4v) is 3.01. The number of nitrogens with two attached hydrogens (primary N) is 1. The van der Waals surface area contributed by atoms with Crippen LogP contribution in [0.2, 0.25) is 0 Å². The van der Waals surface area contributed by atoms with Gasteiger partial charge < -0.3 is 15.2 Å². The predicted octanol–water partition coefficient (Wildman–Crippen LogP) is 4.36. The van der Waals surface area contributed by atoms with Gasteiger partial charge in [0.1, 0.15) is 17.5 Å². The van der Waals surface area contributed by atoms with Gasteiger partial charge in [0.05, 0.1) is 5.69 Å². The van der Waals surface area contributed by atoms with Gasteiger partial charge in [0.2, 0.25) is 6.79 Å². The molecule has 3 aromatic rings. The van der Waals surface area contributed by atoms with Crippen LogP contribution >= 0.6 is 15.9 Å². The second-order valence-electron chi connectivity index (χ2n) is 5.50. The average Bonchev–Trinajstić information content (AvgIpc) is 3.09. The lowest BCUT2D eigenvalue weighted by Gasteiger charge is -2.11. The van der Waals surface area contributed by atoms with E-state index in [9.17, 15) is 5.26 Å². The molecule has 0 radical (unpaired) electrons. The summed E-state index contributed by atoms with van der Waals surface area (Å²) in [5.74, 6) is 1.55. The van der Waals surface area contributed by atoms with Crippen LogP contribution in [0.15, 0.2) is 53.0 Å². The Morgan fingerprint density at radius 1 is 1.00 bits per heavy atom. The summed E-state index contributed by atoms with van der Waals surface area (Å²) in [6.07, 6.45) is 0. The maximum atomic E-state index is 9.52. The number of ether oxygens (including phenoxy) is 2. The van der Waals surface area contributed by atoms with Crippen molar-refractivity contribution in [3.05, 3.63) is 58.6 Å². The summed E-state index contributed by atoms with van der Waals surface area (Å²) in [5, 5.41) is 9.52. The van der Waals surface area contributed by atoms with Crippen molar-refractivity contribution in [3.63, 3.8) is 0 Å². The number of nitrogens with zero attached hydrogens (tertiary/aromatic N) is 2. The Kier molecular flexibility index (Phi) is 3.79. The van der Waals surface area contributed by atoms with Gasteiger partial charge in [-0.1, -0.05) is 34.1 Å². The van der Waals surface area contributed by atoms with Gasteiger partial charge in [-0.25, -0.2) is 4.98 Å². The Bertz CT molecular complexity index is 1010. The minimum Gasteiger partial charge on any atom is -0.454 e.